The summed E-state index contributed by atoms with van der Waals surface area (Å²) in [5.74, 6) is 0. The van der Waals surface area contributed by atoms with Crippen molar-refractivity contribution in [1.29, 1.82) is 0 Å². The summed E-state index contributed by atoms with van der Waals surface area (Å²) in [7, 11) is 2.74. The number of anilines is 2. The van der Waals surface area contributed by atoms with E-state index in [0.717, 1.165) is 16.7 Å². The first-order chi connectivity index (χ1) is 10.1. The van der Waals surface area contributed by atoms with Crippen molar-refractivity contribution in [3.63, 3.8) is 0 Å². The predicted octanol–water partition coefficient (Wildman–Crippen LogP) is 3.69. The molecule has 1 atom stereocenters. The van der Waals surface area contributed by atoms with Gasteiger partial charge in [0.05, 0.1) is 0 Å². The SMILES string of the molecule is Nc1ccc(-c2ccc(-c3ccc(N)cc3P)cc2)cc1. The van der Waals surface area contributed by atoms with Crippen LogP contribution in [-0.2, 0) is 0 Å². The van der Waals surface area contributed by atoms with E-state index in [2.05, 4.69) is 39.6 Å². The Morgan fingerprint density at radius 3 is 1.62 bits per heavy atom. The van der Waals surface area contributed by atoms with Crippen molar-refractivity contribution in [1.82, 2.24) is 0 Å². The van der Waals surface area contributed by atoms with E-state index in [1.165, 1.54) is 22.3 Å². The van der Waals surface area contributed by atoms with Crippen molar-refractivity contribution in [2.24, 2.45) is 0 Å². The Hall–Kier alpha value is -2.31. The van der Waals surface area contributed by atoms with Crippen molar-refractivity contribution in [2.45, 2.75) is 0 Å². The average Bonchev–Trinajstić information content (AvgIpc) is 2.48. The van der Waals surface area contributed by atoms with Gasteiger partial charge < -0.3 is 11.5 Å². The van der Waals surface area contributed by atoms with E-state index in [9.17, 15) is 0 Å². The molecular formula is C18H17N2P. The molecule has 0 amide bonds. The van der Waals surface area contributed by atoms with Gasteiger partial charge in [0.25, 0.3) is 0 Å². The van der Waals surface area contributed by atoms with Crippen molar-refractivity contribution >= 4 is 25.9 Å². The van der Waals surface area contributed by atoms with E-state index in [0.29, 0.717) is 0 Å². The minimum Gasteiger partial charge on any atom is -0.399 e. The summed E-state index contributed by atoms with van der Waals surface area (Å²) in [6.07, 6.45) is 0. The second-order valence-electron chi connectivity index (χ2n) is 5.05. The van der Waals surface area contributed by atoms with E-state index in [1.54, 1.807) is 0 Å². The lowest BCUT2D eigenvalue weighted by molar-refractivity contribution is 1.60. The van der Waals surface area contributed by atoms with Crippen LogP contribution in [0.5, 0.6) is 0 Å². The normalized spacial score (nSPS) is 10.5. The fraction of sp³-hybridized carbons (Fsp3) is 0. The van der Waals surface area contributed by atoms with Gasteiger partial charge in [-0.2, -0.15) is 0 Å². The molecule has 0 aliphatic rings. The first kappa shape index (κ1) is 13.7. The van der Waals surface area contributed by atoms with Crippen LogP contribution in [-0.4, -0.2) is 0 Å². The lowest BCUT2D eigenvalue weighted by atomic mass is 10.00. The quantitative estimate of drug-likeness (QED) is 0.559. The van der Waals surface area contributed by atoms with Crippen LogP contribution in [0, 0.1) is 0 Å². The molecule has 0 fully saturated rings. The lowest BCUT2D eigenvalue weighted by Crippen LogP contribution is -1.99. The van der Waals surface area contributed by atoms with Crippen LogP contribution in [0.15, 0.2) is 66.7 Å². The number of hydrogen-bond donors (Lipinski definition) is 2. The first-order valence-electron chi connectivity index (χ1n) is 6.75. The lowest BCUT2D eigenvalue weighted by Gasteiger charge is -2.08. The highest BCUT2D eigenvalue weighted by atomic mass is 31.0. The van der Waals surface area contributed by atoms with Gasteiger partial charge in [-0.15, -0.1) is 9.24 Å². The molecule has 2 nitrogen and oxygen atoms in total. The Bertz CT molecular complexity index is 762. The van der Waals surface area contributed by atoms with Crippen LogP contribution in [0.1, 0.15) is 0 Å². The largest absolute Gasteiger partial charge is 0.399 e. The molecule has 0 aliphatic heterocycles. The Kier molecular flexibility index (Phi) is 3.64. The van der Waals surface area contributed by atoms with Crippen molar-refractivity contribution < 1.29 is 0 Å². The van der Waals surface area contributed by atoms with Gasteiger partial charge in [0.15, 0.2) is 0 Å². The molecule has 3 heteroatoms. The van der Waals surface area contributed by atoms with E-state index in [1.807, 2.05) is 36.4 Å². The summed E-state index contributed by atoms with van der Waals surface area (Å²) in [6.45, 7) is 0. The molecular weight excluding hydrogens is 275 g/mol. The summed E-state index contributed by atoms with van der Waals surface area (Å²) < 4.78 is 0. The zero-order chi connectivity index (χ0) is 14.8. The summed E-state index contributed by atoms with van der Waals surface area (Å²) in [4.78, 5) is 0. The molecule has 0 saturated heterocycles. The van der Waals surface area contributed by atoms with Gasteiger partial charge in [0, 0.05) is 11.4 Å². The van der Waals surface area contributed by atoms with E-state index >= 15 is 0 Å². The highest BCUT2D eigenvalue weighted by Gasteiger charge is 2.03. The zero-order valence-corrected chi connectivity index (χ0v) is 12.7. The third-order valence-corrected chi connectivity index (χ3v) is 3.99. The number of nitrogen functional groups attached to an aromatic ring is 2. The zero-order valence-electron chi connectivity index (χ0n) is 11.6. The molecule has 3 aromatic carbocycles. The Labute approximate surface area is 127 Å². The van der Waals surface area contributed by atoms with Gasteiger partial charge in [0.2, 0.25) is 0 Å². The van der Waals surface area contributed by atoms with Crippen LogP contribution in [0.4, 0.5) is 11.4 Å². The number of benzene rings is 3. The Morgan fingerprint density at radius 1 is 0.571 bits per heavy atom. The monoisotopic (exact) mass is 292 g/mol. The van der Waals surface area contributed by atoms with Crippen molar-refractivity contribution in [2.75, 3.05) is 11.5 Å². The maximum Gasteiger partial charge on any atom is 0.0320 e. The molecule has 0 bridgehead atoms. The summed E-state index contributed by atoms with van der Waals surface area (Å²) >= 11 is 0. The Balaban J connectivity index is 1.95. The predicted molar refractivity (Wildman–Crippen MR) is 95.5 cm³/mol. The van der Waals surface area contributed by atoms with Gasteiger partial charge >= 0.3 is 0 Å². The third-order valence-electron chi connectivity index (χ3n) is 3.52. The van der Waals surface area contributed by atoms with Gasteiger partial charge in [-0.25, -0.2) is 0 Å². The van der Waals surface area contributed by atoms with Crippen molar-refractivity contribution in [3.8, 4) is 22.3 Å². The molecule has 1 unspecified atom stereocenters. The number of rotatable bonds is 2. The molecule has 3 rings (SSSR count). The summed E-state index contributed by atoms with van der Waals surface area (Å²) in [6, 6.07) is 22.4. The number of nitrogens with two attached hydrogens (primary N) is 2. The molecule has 3 aromatic rings. The molecule has 0 saturated carbocycles. The summed E-state index contributed by atoms with van der Waals surface area (Å²) in [5, 5.41) is 1.11. The average molecular weight is 292 g/mol. The van der Waals surface area contributed by atoms with Crippen LogP contribution in [0.25, 0.3) is 22.3 Å². The molecule has 0 aliphatic carbocycles. The second-order valence-corrected chi connectivity index (χ2v) is 5.67. The molecule has 104 valence electrons. The van der Waals surface area contributed by atoms with Crippen molar-refractivity contribution in [3.05, 3.63) is 66.7 Å². The molecule has 0 heterocycles. The fourth-order valence-electron chi connectivity index (χ4n) is 2.36. The summed E-state index contributed by atoms with van der Waals surface area (Å²) in [5.41, 5.74) is 17.8. The van der Waals surface area contributed by atoms with Gasteiger partial charge in [-0.3, -0.25) is 0 Å². The van der Waals surface area contributed by atoms with Gasteiger partial charge in [-0.1, -0.05) is 42.5 Å². The van der Waals surface area contributed by atoms with Crippen LogP contribution >= 0.6 is 9.24 Å². The Morgan fingerprint density at radius 2 is 1.05 bits per heavy atom. The minimum absolute atomic E-state index is 0.780. The fourth-order valence-corrected chi connectivity index (χ4v) is 2.82. The highest BCUT2D eigenvalue weighted by Crippen LogP contribution is 2.26. The van der Waals surface area contributed by atoms with Crippen LogP contribution < -0.4 is 16.8 Å². The first-order valence-corrected chi connectivity index (χ1v) is 7.32. The standard InChI is InChI=1S/C18H17N2P/c19-15-7-5-13(6-8-15)12-1-3-14(4-2-12)17-10-9-16(20)11-18(17)21/h1-11H,19-21H2. The molecule has 4 N–H and O–H groups in total. The molecule has 0 aromatic heterocycles. The molecule has 0 radical (unpaired) electrons. The minimum atomic E-state index is 0.780. The maximum atomic E-state index is 5.79. The maximum absolute atomic E-state index is 5.79. The van der Waals surface area contributed by atoms with E-state index < -0.39 is 0 Å². The third kappa shape index (κ3) is 2.91. The van der Waals surface area contributed by atoms with Gasteiger partial charge in [0.1, 0.15) is 0 Å². The smallest absolute Gasteiger partial charge is 0.0320 e. The molecule has 21 heavy (non-hydrogen) atoms. The van der Waals surface area contributed by atoms with Crippen LogP contribution in [0.2, 0.25) is 0 Å². The second kappa shape index (κ2) is 5.59. The van der Waals surface area contributed by atoms with E-state index in [-0.39, 0.29) is 0 Å². The highest BCUT2D eigenvalue weighted by molar-refractivity contribution is 7.28. The molecule has 0 spiro atoms. The van der Waals surface area contributed by atoms with E-state index in [4.69, 9.17) is 11.5 Å². The topological polar surface area (TPSA) is 52.0 Å². The van der Waals surface area contributed by atoms with Crippen LogP contribution in [0.3, 0.4) is 0 Å². The number of hydrogen-bond acceptors (Lipinski definition) is 2. The van der Waals surface area contributed by atoms with Gasteiger partial charge in [-0.05, 0) is 51.8 Å².